The minimum absolute atomic E-state index is 0.111. The second-order valence-electron chi connectivity index (χ2n) is 6.12. The zero-order valence-corrected chi connectivity index (χ0v) is 15.9. The molecular weight excluding hydrogens is 368 g/mol. The SMILES string of the molecule is COc1ccc(N2C(=O)CCCC2=O)cc1S(=O)(=O)N(C)c1ccccc1. The van der Waals surface area contributed by atoms with Crippen molar-refractivity contribution in [1.29, 1.82) is 0 Å². The van der Waals surface area contributed by atoms with Gasteiger partial charge < -0.3 is 4.74 Å². The third-order valence-corrected chi connectivity index (χ3v) is 6.25. The standard InChI is InChI=1S/C19H20N2O5S/c1-20(14-7-4-3-5-8-14)27(24,25)17-13-15(11-12-16(17)26-2)21-18(22)9-6-10-19(21)23/h3-5,7-8,11-13H,6,9-10H2,1-2H3. The number of carbonyl (C=O) groups is 2. The number of piperidine rings is 1. The molecule has 2 aromatic rings. The minimum atomic E-state index is -3.97. The fourth-order valence-corrected chi connectivity index (χ4v) is 4.34. The lowest BCUT2D eigenvalue weighted by atomic mass is 10.1. The Morgan fingerprint density at radius 2 is 1.63 bits per heavy atom. The smallest absolute Gasteiger partial charge is 0.267 e. The summed E-state index contributed by atoms with van der Waals surface area (Å²) in [6.07, 6.45) is 1.01. The Kier molecular flexibility index (Phi) is 5.18. The highest BCUT2D eigenvalue weighted by atomic mass is 32.2. The Morgan fingerprint density at radius 3 is 2.22 bits per heavy atom. The highest BCUT2D eigenvalue weighted by Crippen LogP contribution is 2.33. The van der Waals surface area contributed by atoms with Gasteiger partial charge in [-0.2, -0.15) is 0 Å². The van der Waals surface area contributed by atoms with Gasteiger partial charge in [-0.25, -0.2) is 8.42 Å². The minimum Gasteiger partial charge on any atom is -0.495 e. The molecule has 2 amide bonds. The van der Waals surface area contributed by atoms with Crippen molar-refractivity contribution >= 4 is 33.2 Å². The number of benzene rings is 2. The molecule has 2 aromatic carbocycles. The van der Waals surface area contributed by atoms with Gasteiger partial charge in [-0.05, 0) is 36.8 Å². The number of nitrogens with zero attached hydrogens (tertiary/aromatic N) is 2. The molecule has 0 bridgehead atoms. The number of methoxy groups -OCH3 is 1. The first-order valence-electron chi connectivity index (χ1n) is 8.44. The Bertz CT molecular complexity index is 957. The first-order chi connectivity index (χ1) is 12.9. The maximum atomic E-state index is 13.2. The van der Waals surface area contributed by atoms with Gasteiger partial charge in [0.05, 0.1) is 18.5 Å². The van der Waals surface area contributed by atoms with Crippen LogP contribution in [0, 0.1) is 0 Å². The van der Waals surface area contributed by atoms with Crippen molar-refractivity contribution in [3.8, 4) is 5.75 Å². The lowest BCUT2D eigenvalue weighted by Gasteiger charge is -2.26. The first-order valence-corrected chi connectivity index (χ1v) is 9.88. The van der Waals surface area contributed by atoms with E-state index in [2.05, 4.69) is 0 Å². The highest BCUT2D eigenvalue weighted by molar-refractivity contribution is 7.93. The van der Waals surface area contributed by atoms with Crippen molar-refractivity contribution in [2.24, 2.45) is 0 Å². The zero-order valence-electron chi connectivity index (χ0n) is 15.1. The van der Waals surface area contributed by atoms with E-state index in [-0.39, 0.29) is 41.0 Å². The molecule has 7 nitrogen and oxygen atoms in total. The molecule has 0 atom stereocenters. The van der Waals surface area contributed by atoms with E-state index in [4.69, 9.17) is 4.74 Å². The maximum absolute atomic E-state index is 13.2. The summed E-state index contributed by atoms with van der Waals surface area (Å²) in [5, 5.41) is 0. The Balaban J connectivity index is 2.08. The molecule has 0 aliphatic carbocycles. The third-order valence-electron chi connectivity index (χ3n) is 4.44. The number of carbonyl (C=O) groups excluding carboxylic acids is 2. The number of ether oxygens (including phenoxy) is 1. The number of imide groups is 1. The van der Waals surface area contributed by atoms with Gasteiger partial charge in [0, 0.05) is 19.9 Å². The van der Waals surface area contributed by atoms with Crippen LogP contribution in [0.15, 0.2) is 53.4 Å². The van der Waals surface area contributed by atoms with E-state index in [1.54, 1.807) is 30.3 Å². The number of rotatable bonds is 5. The van der Waals surface area contributed by atoms with Crippen molar-refractivity contribution in [3.63, 3.8) is 0 Å². The quantitative estimate of drug-likeness (QED) is 0.735. The van der Waals surface area contributed by atoms with Gasteiger partial charge >= 0.3 is 0 Å². The molecule has 0 spiro atoms. The molecule has 142 valence electrons. The first kappa shape index (κ1) is 18.9. The van der Waals surface area contributed by atoms with E-state index in [1.807, 2.05) is 0 Å². The summed E-state index contributed by atoms with van der Waals surface area (Å²) in [6.45, 7) is 0. The summed E-state index contributed by atoms with van der Waals surface area (Å²) in [7, 11) is -1.16. The van der Waals surface area contributed by atoms with Crippen molar-refractivity contribution in [1.82, 2.24) is 0 Å². The molecule has 0 N–H and O–H groups in total. The van der Waals surface area contributed by atoms with Crippen LogP contribution in [0.5, 0.6) is 5.75 Å². The largest absolute Gasteiger partial charge is 0.495 e. The molecule has 1 aliphatic heterocycles. The predicted octanol–water partition coefficient (Wildman–Crippen LogP) is 2.56. The van der Waals surface area contributed by atoms with Crippen molar-refractivity contribution in [3.05, 3.63) is 48.5 Å². The average Bonchev–Trinajstić information content (AvgIpc) is 2.67. The van der Waals surface area contributed by atoms with Gasteiger partial charge in [0.1, 0.15) is 10.6 Å². The second-order valence-corrected chi connectivity index (χ2v) is 8.06. The number of anilines is 2. The van der Waals surface area contributed by atoms with Gasteiger partial charge in [-0.15, -0.1) is 0 Å². The zero-order chi connectivity index (χ0) is 19.6. The summed E-state index contributed by atoms with van der Waals surface area (Å²) in [6, 6.07) is 12.9. The van der Waals surface area contributed by atoms with Crippen LogP contribution in [0.1, 0.15) is 19.3 Å². The molecule has 8 heteroatoms. The molecule has 0 aromatic heterocycles. The summed E-state index contributed by atoms with van der Waals surface area (Å²) in [5.74, 6) is -0.536. The molecule has 1 fully saturated rings. The van der Waals surface area contributed by atoms with Crippen LogP contribution < -0.4 is 13.9 Å². The van der Waals surface area contributed by atoms with Crippen molar-refractivity contribution < 1.29 is 22.7 Å². The van der Waals surface area contributed by atoms with Gasteiger partial charge in [0.15, 0.2) is 0 Å². The highest BCUT2D eigenvalue weighted by Gasteiger charge is 2.31. The number of sulfonamides is 1. The lowest BCUT2D eigenvalue weighted by molar-refractivity contribution is -0.129. The number of hydrogen-bond acceptors (Lipinski definition) is 5. The number of para-hydroxylation sites is 1. The average molecular weight is 388 g/mol. The third kappa shape index (κ3) is 3.52. The van der Waals surface area contributed by atoms with Crippen LogP contribution >= 0.6 is 0 Å². The van der Waals surface area contributed by atoms with Gasteiger partial charge in [0.2, 0.25) is 11.8 Å². The van der Waals surface area contributed by atoms with Gasteiger partial charge in [0.25, 0.3) is 10.0 Å². The van der Waals surface area contributed by atoms with Crippen LogP contribution in [-0.4, -0.2) is 34.4 Å². The van der Waals surface area contributed by atoms with Crippen LogP contribution in [0.25, 0.3) is 0 Å². The normalized spacial score (nSPS) is 15.0. The predicted molar refractivity (Wildman–Crippen MR) is 101 cm³/mol. The molecule has 0 radical (unpaired) electrons. The van der Waals surface area contributed by atoms with Crippen LogP contribution in [0.3, 0.4) is 0 Å². The summed E-state index contributed by atoms with van der Waals surface area (Å²) in [5.41, 5.74) is 0.709. The summed E-state index contributed by atoms with van der Waals surface area (Å²) >= 11 is 0. The Morgan fingerprint density at radius 1 is 1.00 bits per heavy atom. The second kappa shape index (κ2) is 7.40. The molecule has 1 heterocycles. The fourth-order valence-electron chi connectivity index (χ4n) is 2.97. The molecule has 3 rings (SSSR count). The number of hydrogen-bond donors (Lipinski definition) is 0. The van der Waals surface area contributed by atoms with Crippen molar-refractivity contribution in [2.45, 2.75) is 24.2 Å². The van der Waals surface area contributed by atoms with Crippen LogP contribution in [0.4, 0.5) is 11.4 Å². The van der Waals surface area contributed by atoms with Crippen LogP contribution in [0.2, 0.25) is 0 Å². The van der Waals surface area contributed by atoms with E-state index >= 15 is 0 Å². The Hall–Kier alpha value is -2.87. The topological polar surface area (TPSA) is 84.0 Å². The summed E-state index contributed by atoms with van der Waals surface area (Å²) < 4.78 is 32.7. The maximum Gasteiger partial charge on any atom is 0.267 e. The molecule has 1 saturated heterocycles. The van der Waals surface area contributed by atoms with Crippen molar-refractivity contribution in [2.75, 3.05) is 23.4 Å². The van der Waals surface area contributed by atoms with E-state index in [9.17, 15) is 18.0 Å². The molecule has 1 aliphatic rings. The Labute approximate surface area is 158 Å². The molecule has 0 unspecified atom stereocenters. The van der Waals surface area contributed by atoms with E-state index in [0.29, 0.717) is 12.1 Å². The van der Waals surface area contributed by atoms with E-state index in [1.165, 1.54) is 32.4 Å². The van der Waals surface area contributed by atoms with Crippen LogP contribution in [-0.2, 0) is 19.6 Å². The monoisotopic (exact) mass is 388 g/mol. The lowest BCUT2D eigenvalue weighted by Crippen LogP contribution is -2.40. The molecule has 0 saturated carbocycles. The fraction of sp³-hybridized carbons (Fsp3) is 0.263. The van der Waals surface area contributed by atoms with Gasteiger partial charge in [-0.3, -0.25) is 18.8 Å². The number of amides is 2. The molecular formula is C19H20N2O5S. The van der Waals surface area contributed by atoms with E-state index in [0.717, 1.165) is 9.21 Å². The molecule has 27 heavy (non-hydrogen) atoms. The van der Waals surface area contributed by atoms with Gasteiger partial charge in [-0.1, -0.05) is 18.2 Å². The van der Waals surface area contributed by atoms with E-state index < -0.39 is 10.0 Å². The summed E-state index contributed by atoms with van der Waals surface area (Å²) in [4.78, 5) is 25.3.